The molecule has 0 saturated heterocycles. The number of nitrogens with zero attached hydrogens (tertiary/aromatic N) is 1. The Labute approximate surface area is 137 Å². The molecule has 1 amide bonds. The maximum absolute atomic E-state index is 11.5. The third-order valence-corrected chi connectivity index (χ3v) is 3.41. The fourth-order valence-corrected chi connectivity index (χ4v) is 2.14. The van der Waals surface area contributed by atoms with Crippen LogP contribution in [0.3, 0.4) is 0 Å². The van der Waals surface area contributed by atoms with Crippen LogP contribution in [0.2, 0.25) is 0 Å². The third-order valence-electron chi connectivity index (χ3n) is 2.17. The molecular weight excluding hydrogens is 439 g/mol. The van der Waals surface area contributed by atoms with Crippen LogP contribution in [-0.2, 0) is 4.79 Å². The largest absolute Gasteiger partial charge is 0.483 e. The molecule has 0 unspecified atom stereocenters. The van der Waals surface area contributed by atoms with Gasteiger partial charge in [0.25, 0.3) is 5.91 Å². The molecular formula is C13H10BrIN2O3. The van der Waals surface area contributed by atoms with Crippen molar-refractivity contribution in [1.29, 1.82) is 0 Å². The fraction of sp³-hybridized carbons (Fsp3) is 0.0769. The van der Waals surface area contributed by atoms with Gasteiger partial charge in [-0.3, -0.25) is 4.79 Å². The number of furan rings is 1. The molecule has 1 heterocycles. The van der Waals surface area contributed by atoms with Gasteiger partial charge in [0.05, 0.1) is 10.7 Å². The fourth-order valence-electron chi connectivity index (χ4n) is 1.30. The lowest BCUT2D eigenvalue weighted by Gasteiger charge is -2.06. The van der Waals surface area contributed by atoms with Crippen LogP contribution in [0.15, 0.2) is 50.4 Å². The van der Waals surface area contributed by atoms with Crippen molar-refractivity contribution in [2.24, 2.45) is 5.10 Å². The monoisotopic (exact) mass is 448 g/mol. The van der Waals surface area contributed by atoms with Crippen molar-refractivity contribution in [3.05, 3.63) is 50.4 Å². The molecule has 2 aromatic rings. The third kappa shape index (κ3) is 4.64. The Morgan fingerprint density at radius 2 is 2.20 bits per heavy atom. The molecule has 0 saturated carbocycles. The number of hydrazone groups is 1. The summed E-state index contributed by atoms with van der Waals surface area (Å²) in [4.78, 5) is 11.5. The Kier molecular flexibility index (Phi) is 5.60. The molecule has 0 aliphatic carbocycles. The van der Waals surface area contributed by atoms with Crippen LogP contribution in [-0.4, -0.2) is 18.7 Å². The van der Waals surface area contributed by atoms with Crippen molar-refractivity contribution < 1.29 is 13.9 Å². The summed E-state index contributed by atoms with van der Waals surface area (Å²) in [6, 6.07) is 10.9. The van der Waals surface area contributed by atoms with E-state index < -0.39 is 0 Å². The van der Waals surface area contributed by atoms with E-state index in [1.807, 2.05) is 40.8 Å². The smallest absolute Gasteiger partial charge is 0.277 e. The predicted octanol–water partition coefficient (Wildman–Crippen LogP) is 3.18. The van der Waals surface area contributed by atoms with Crippen molar-refractivity contribution in [2.45, 2.75) is 0 Å². The molecule has 0 spiro atoms. The molecule has 0 atom stereocenters. The number of carbonyl (C=O) groups excluding carboxylic acids is 1. The molecule has 7 heteroatoms. The van der Waals surface area contributed by atoms with E-state index in [9.17, 15) is 4.79 Å². The predicted molar refractivity (Wildman–Crippen MR) is 86.8 cm³/mol. The van der Waals surface area contributed by atoms with Gasteiger partial charge in [-0.2, -0.15) is 5.10 Å². The van der Waals surface area contributed by atoms with Crippen molar-refractivity contribution >= 4 is 50.6 Å². The number of hydrogen-bond donors (Lipinski definition) is 1. The number of rotatable bonds is 5. The summed E-state index contributed by atoms with van der Waals surface area (Å²) in [6.07, 6.45) is 1.43. The summed E-state index contributed by atoms with van der Waals surface area (Å²) in [5.74, 6) is 0.826. The number of amides is 1. The molecule has 1 N–H and O–H groups in total. The van der Waals surface area contributed by atoms with E-state index in [1.165, 1.54) is 6.21 Å². The van der Waals surface area contributed by atoms with Crippen LogP contribution < -0.4 is 10.2 Å². The first-order valence-corrected chi connectivity index (χ1v) is 7.47. The van der Waals surface area contributed by atoms with Crippen LogP contribution in [0.4, 0.5) is 0 Å². The Bertz CT molecular complexity index is 628. The number of nitrogens with one attached hydrogen (secondary N) is 1. The maximum atomic E-state index is 11.5. The van der Waals surface area contributed by atoms with Gasteiger partial charge in [0.15, 0.2) is 10.4 Å². The molecule has 0 radical (unpaired) electrons. The van der Waals surface area contributed by atoms with E-state index in [0.29, 0.717) is 11.5 Å². The van der Waals surface area contributed by atoms with Gasteiger partial charge >= 0.3 is 0 Å². The van der Waals surface area contributed by atoms with E-state index in [2.05, 4.69) is 26.5 Å². The SMILES string of the molecule is O=C(COc1ccccc1Br)NN=Cc1ccc(I)o1. The molecule has 1 aromatic carbocycles. The quantitative estimate of drug-likeness (QED) is 0.434. The minimum atomic E-state index is -0.349. The van der Waals surface area contributed by atoms with Gasteiger partial charge in [-0.05, 0) is 62.8 Å². The zero-order valence-corrected chi connectivity index (χ0v) is 13.9. The Morgan fingerprint density at radius 1 is 1.40 bits per heavy atom. The highest BCUT2D eigenvalue weighted by Gasteiger charge is 2.04. The van der Waals surface area contributed by atoms with Gasteiger partial charge in [-0.1, -0.05) is 12.1 Å². The molecule has 104 valence electrons. The van der Waals surface area contributed by atoms with Gasteiger partial charge in [0.1, 0.15) is 11.5 Å². The number of benzene rings is 1. The molecule has 20 heavy (non-hydrogen) atoms. The van der Waals surface area contributed by atoms with Crippen molar-refractivity contribution in [3.8, 4) is 5.75 Å². The second kappa shape index (κ2) is 7.44. The van der Waals surface area contributed by atoms with Gasteiger partial charge < -0.3 is 9.15 Å². The zero-order chi connectivity index (χ0) is 14.4. The summed E-state index contributed by atoms with van der Waals surface area (Å²) in [6.45, 7) is -0.115. The van der Waals surface area contributed by atoms with E-state index in [-0.39, 0.29) is 12.5 Å². The average molecular weight is 449 g/mol. The minimum absolute atomic E-state index is 0.115. The highest BCUT2D eigenvalue weighted by atomic mass is 127. The maximum Gasteiger partial charge on any atom is 0.277 e. The van der Waals surface area contributed by atoms with Crippen LogP contribution >= 0.6 is 38.5 Å². The highest BCUT2D eigenvalue weighted by Crippen LogP contribution is 2.23. The lowest BCUT2D eigenvalue weighted by molar-refractivity contribution is -0.123. The first kappa shape index (κ1) is 15.0. The van der Waals surface area contributed by atoms with Crippen molar-refractivity contribution in [2.75, 3.05) is 6.61 Å². The summed E-state index contributed by atoms with van der Waals surface area (Å²) in [5.41, 5.74) is 2.36. The van der Waals surface area contributed by atoms with E-state index in [1.54, 1.807) is 18.2 Å². The van der Waals surface area contributed by atoms with E-state index >= 15 is 0 Å². The molecule has 2 rings (SSSR count). The van der Waals surface area contributed by atoms with Crippen molar-refractivity contribution in [1.82, 2.24) is 5.43 Å². The molecule has 0 aliphatic heterocycles. The molecule has 1 aromatic heterocycles. The lowest BCUT2D eigenvalue weighted by Crippen LogP contribution is -2.24. The average Bonchev–Trinajstić information content (AvgIpc) is 2.83. The number of hydrogen-bond acceptors (Lipinski definition) is 4. The summed E-state index contributed by atoms with van der Waals surface area (Å²) >= 11 is 5.38. The summed E-state index contributed by atoms with van der Waals surface area (Å²) < 4.78 is 12.2. The van der Waals surface area contributed by atoms with Crippen LogP contribution in [0.25, 0.3) is 0 Å². The Hall–Kier alpha value is -1.35. The van der Waals surface area contributed by atoms with Gasteiger partial charge in [-0.25, -0.2) is 5.43 Å². The van der Waals surface area contributed by atoms with Crippen molar-refractivity contribution in [3.63, 3.8) is 0 Å². The number of carbonyl (C=O) groups is 1. The number of halogens is 2. The van der Waals surface area contributed by atoms with Crippen LogP contribution in [0.1, 0.15) is 5.76 Å². The summed E-state index contributed by atoms with van der Waals surface area (Å²) in [5, 5.41) is 3.78. The summed E-state index contributed by atoms with van der Waals surface area (Å²) in [7, 11) is 0. The highest BCUT2D eigenvalue weighted by molar-refractivity contribution is 14.1. The van der Waals surface area contributed by atoms with Gasteiger partial charge in [-0.15, -0.1) is 0 Å². The van der Waals surface area contributed by atoms with Crippen LogP contribution in [0, 0.1) is 3.77 Å². The van der Waals surface area contributed by atoms with Gasteiger partial charge in [0, 0.05) is 0 Å². The zero-order valence-electron chi connectivity index (χ0n) is 10.2. The Morgan fingerprint density at radius 3 is 2.90 bits per heavy atom. The van der Waals surface area contributed by atoms with E-state index in [0.717, 1.165) is 8.24 Å². The molecule has 0 aliphatic rings. The first-order chi connectivity index (χ1) is 9.65. The normalized spacial score (nSPS) is 10.7. The molecule has 0 bridgehead atoms. The minimum Gasteiger partial charge on any atom is -0.483 e. The topological polar surface area (TPSA) is 63.8 Å². The number of ether oxygens (including phenoxy) is 1. The van der Waals surface area contributed by atoms with Gasteiger partial charge in [0.2, 0.25) is 0 Å². The standard InChI is InChI=1S/C13H10BrIN2O3/c14-10-3-1-2-4-11(10)19-8-13(18)17-16-7-9-5-6-12(15)20-9/h1-7H,8H2,(H,17,18). The second-order valence-electron chi connectivity index (χ2n) is 3.65. The first-order valence-electron chi connectivity index (χ1n) is 5.60. The number of para-hydroxylation sites is 1. The molecule has 5 nitrogen and oxygen atoms in total. The Balaban J connectivity index is 1.78. The molecule has 0 fully saturated rings. The second-order valence-corrected chi connectivity index (χ2v) is 5.57. The van der Waals surface area contributed by atoms with Crippen LogP contribution in [0.5, 0.6) is 5.75 Å². The lowest BCUT2D eigenvalue weighted by atomic mass is 10.3. The van der Waals surface area contributed by atoms with E-state index in [4.69, 9.17) is 9.15 Å².